The lowest BCUT2D eigenvalue weighted by Crippen LogP contribution is -2.50. The number of pyridine rings is 1. The van der Waals surface area contributed by atoms with Gasteiger partial charge in [-0.3, -0.25) is 14.6 Å². The summed E-state index contributed by atoms with van der Waals surface area (Å²) in [7, 11) is 0. The number of anilines is 1. The first kappa shape index (κ1) is 22.8. The Kier molecular flexibility index (Phi) is 6.80. The minimum atomic E-state index is 0.154. The van der Waals surface area contributed by atoms with Crippen LogP contribution in [-0.2, 0) is 24.3 Å². The first-order valence-corrected chi connectivity index (χ1v) is 12.6. The summed E-state index contributed by atoms with van der Waals surface area (Å²) >= 11 is 0. The number of amides is 1. The second kappa shape index (κ2) is 10.1. The third kappa shape index (κ3) is 5.08. The fourth-order valence-corrected chi connectivity index (χ4v) is 5.86. The molecule has 34 heavy (non-hydrogen) atoms. The van der Waals surface area contributed by atoms with Crippen molar-refractivity contribution in [3.63, 3.8) is 0 Å². The van der Waals surface area contributed by atoms with Crippen LogP contribution >= 0.6 is 0 Å². The molecule has 7 nitrogen and oxygen atoms in total. The van der Waals surface area contributed by atoms with E-state index in [0.29, 0.717) is 17.8 Å². The van der Waals surface area contributed by atoms with Crippen molar-refractivity contribution in [2.24, 2.45) is 5.92 Å². The summed E-state index contributed by atoms with van der Waals surface area (Å²) in [6, 6.07) is 12.8. The van der Waals surface area contributed by atoms with Crippen LogP contribution in [0.1, 0.15) is 47.9 Å². The third-order valence-corrected chi connectivity index (χ3v) is 7.86. The zero-order valence-corrected chi connectivity index (χ0v) is 19.8. The molecule has 2 aromatic rings. The molecule has 1 amide bonds. The molecule has 0 bridgehead atoms. The van der Waals surface area contributed by atoms with Crippen LogP contribution in [0.15, 0.2) is 36.5 Å². The van der Waals surface area contributed by atoms with Gasteiger partial charge in [-0.05, 0) is 86.1 Å². The van der Waals surface area contributed by atoms with Crippen molar-refractivity contribution in [3.05, 3.63) is 58.8 Å². The van der Waals surface area contributed by atoms with Gasteiger partial charge in [0.1, 0.15) is 5.82 Å². The Morgan fingerprint density at radius 1 is 1.03 bits per heavy atom. The average molecular weight is 459 g/mol. The van der Waals surface area contributed by atoms with Crippen LogP contribution < -0.4 is 5.73 Å². The summed E-state index contributed by atoms with van der Waals surface area (Å²) in [6.07, 6.45) is 6.76. The highest BCUT2D eigenvalue weighted by Crippen LogP contribution is 2.28. The van der Waals surface area contributed by atoms with Gasteiger partial charge in [0.2, 0.25) is 5.91 Å². The molecule has 2 fully saturated rings. The maximum Gasteiger partial charge on any atom is 0.225 e. The highest BCUT2D eigenvalue weighted by Gasteiger charge is 2.33. The monoisotopic (exact) mass is 458 g/mol. The minimum Gasteiger partial charge on any atom is -0.384 e. The molecule has 0 spiro atoms. The van der Waals surface area contributed by atoms with Crippen LogP contribution in [0.2, 0.25) is 0 Å². The van der Waals surface area contributed by atoms with Crippen LogP contribution in [-0.4, -0.2) is 64.4 Å². The number of fused-ring (bicyclic) bond motifs is 1. The lowest BCUT2D eigenvalue weighted by molar-refractivity contribution is -0.138. The van der Waals surface area contributed by atoms with Gasteiger partial charge >= 0.3 is 0 Å². The van der Waals surface area contributed by atoms with E-state index in [-0.39, 0.29) is 5.92 Å². The number of hydrogen-bond acceptors (Lipinski definition) is 6. The Labute approximate surface area is 202 Å². The van der Waals surface area contributed by atoms with E-state index in [2.05, 4.69) is 37.9 Å². The lowest BCUT2D eigenvalue weighted by atomic mass is 9.92. The molecule has 0 aliphatic carbocycles. The van der Waals surface area contributed by atoms with Gasteiger partial charge in [-0.15, -0.1) is 0 Å². The SMILES string of the molecule is N#Cc1ccc2c(c1)CN(C1CCN(C(=O)C3CCN(Cc4ccnc(N)c4)CC3)CC1)CC2. The molecule has 7 heteroatoms. The Bertz CT molecular complexity index is 1060. The third-order valence-electron chi connectivity index (χ3n) is 7.86. The van der Waals surface area contributed by atoms with Gasteiger partial charge in [0.15, 0.2) is 0 Å². The molecular weight excluding hydrogens is 424 g/mol. The van der Waals surface area contributed by atoms with Gasteiger partial charge in [0.25, 0.3) is 0 Å². The maximum absolute atomic E-state index is 13.2. The minimum absolute atomic E-state index is 0.154. The fourth-order valence-electron chi connectivity index (χ4n) is 5.86. The molecule has 0 radical (unpaired) electrons. The van der Waals surface area contributed by atoms with E-state index < -0.39 is 0 Å². The van der Waals surface area contributed by atoms with Gasteiger partial charge in [-0.25, -0.2) is 4.98 Å². The number of likely N-dealkylation sites (tertiary alicyclic amines) is 2. The number of rotatable bonds is 4. The number of carbonyl (C=O) groups excluding carboxylic acids is 1. The Morgan fingerprint density at radius 3 is 2.56 bits per heavy atom. The summed E-state index contributed by atoms with van der Waals surface area (Å²) in [6.45, 7) is 6.49. The summed E-state index contributed by atoms with van der Waals surface area (Å²) in [4.78, 5) is 24.4. The number of nitrogens with two attached hydrogens (primary N) is 1. The molecule has 3 aliphatic heterocycles. The molecule has 4 heterocycles. The summed E-state index contributed by atoms with van der Waals surface area (Å²) in [5.74, 6) is 1.07. The number of nitriles is 1. The number of nitrogens with zero attached hydrogens (tertiary/aromatic N) is 5. The Hall–Kier alpha value is -2.95. The number of nitrogen functional groups attached to an aromatic ring is 1. The summed E-state index contributed by atoms with van der Waals surface area (Å²) in [5.41, 5.74) is 10.4. The van der Waals surface area contributed by atoms with Gasteiger partial charge in [-0.2, -0.15) is 5.26 Å². The van der Waals surface area contributed by atoms with Crippen molar-refractivity contribution in [3.8, 4) is 6.07 Å². The second-order valence-corrected chi connectivity index (χ2v) is 10.0. The smallest absolute Gasteiger partial charge is 0.225 e. The molecule has 2 saturated heterocycles. The molecule has 178 valence electrons. The van der Waals surface area contributed by atoms with Crippen LogP contribution in [0, 0.1) is 17.2 Å². The van der Waals surface area contributed by atoms with Crippen LogP contribution in [0.4, 0.5) is 5.82 Å². The number of hydrogen-bond donors (Lipinski definition) is 1. The zero-order chi connectivity index (χ0) is 23.5. The van der Waals surface area contributed by atoms with Crippen molar-refractivity contribution in [2.45, 2.75) is 51.2 Å². The molecule has 0 saturated carbocycles. The van der Waals surface area contributed by atoms with Crippen molar-refractivity contribution in [2.75, 3.05) is 38.5 Å². The molecule has 3 aliphatic rings. The topological polar surface area (TPSA) is 89.5 Å². The largest absolute Gasteiger partial charge is 0.384 e. The highest BCUT2D eigenvalue weighted by atomic mass is 16.2. The van der Waals surface area contributed by atoms with Crippen molar-refractivity contribution < 1.29 is 4.79 Å². The normalized spacial score (nSPS) is 20.6. The molecule has 0 unspecified atom stereocenters. The predicted molar refractivity (Wildman–Crippen MR) is 132 cm³/mol. The number of benzene rings is 1. The Morgan fingerprint density at radius 2 is 1.82 bits per heavy atom. The van der Waals surface area contributed by atoms with Crippen LogP contribution in [0.3, 0.4) is 0 Å². The van der Waals surface area contributed by atoms with E-state index in [1.54, 1.807) is 6.20 Å². The standard InChI is InChI=1S/C27H34N6O/c28-17-20-1-2-22-6-12-33(19-24(22)15-20)25-7-13-32(14-8-25)27(34)23-4-10-31(11-5-23)18-21-3-9-30-26(29)16-21/h1-3,9,15-16,23,25H,4-8,10-14,18-19H2,(H2,29,30). The molecular formula is C27H34N6O. The van der Waals surface area contributed by atoms with Gasteiger partial charge < -0.3 is 10.6 Å². The first-order chi connectivity index (χ1) is 16.6. The predicted octanol–water partition coefficient (Wildman–Crippen LogP) is 2.80. The average Bonchev–Trinajstić information content (AvgIpc) is 2.88. The van der Waals surface area contributed by atoms with Gasteiger partial charge in [-0.1, -0.05) is 6.07 Å². The van der Waals surface area contributed by atoms with Crippen molar-refractivity contribution in [1.29, 1.82) is 5.26 Å². The maximum atomic E-state index is 13.2. The van der Waals surface area contributed by atoms with E-state index in [1.807, 2.05) is 18.2 Å². The number of carbonyl (C=O) groups is 1. The highest BCUT2D eigenvalue weighted by molar-refractivity contribution is 5.79. The first-order valence-electron chi connectivity index (χ1n) is 12.6. The lowest BCUT2D eigenvalue weighted by Gasteiger charge is -2.42. The van der Waals surface area contributed by atoms with Crippen molar-refractivity contribution in [1.82, 2.24) is 19.7 Å². The van der Waals surface area contributed by atoms with E-state index in [9.17, 15) is 10.1 Å². The van der Waals surface area contributed by atoms with Gasteiger partial charge in [0, 0.05) is 50.9 Å². The number of piperidine rings is 2. The quantitative estimate of drug-likeness (QED) is 0.758. The molecule has 1 aromatic carbocycles. The summed E-state index contributed by atoms with van der Waals surface area (Å²) < 4.78 is 0. The van der Waals surface area contributed by atoms with E-state index in [1.165, 1.54) is 16.7 Å². The van der Waals surface area contributed by atoms with Gasteiger partial charge in [0.05, 0.1) is 11.6 Å². The summed E-state index contributed by atoms with van der Waals surface area (Å²) in [5, 5.41) is 9.22. The zero-order valence-electron chi connectivity index (χ0n) is 19.8. The van der Waals surface area contributed by atoms with Crippen LogP contribution in [0.5, 0.6) is 0 Å². The van der Waals surface area contributed by atoms with E-state index >= 15 is 0 Å². The van der Waals surface area contributed by atoms with E-state index in [0.717, 1.165) is 83.5 Å². The second-order valence-electron chi connectivity index (χ2n) is 10.0. The van der Waals surface area contributed by atoms with Crippen LogP contribution in [0.25, 0.3) is 0 Å². The molecule has 2 N–H and O–H groups in total. The van der Waals surface area contributed by atoms with E-state index in [4.69, 9.17) is 5.73 Å². The molecule has 0 atom stereocenters. The Balaban J connectivity index is 1.09. The molecule has 1 aromatic heterocycles. The van der Waals surface area contributed by atoms with Crippen molar-refractivity contribution >= 4 is 11.7 Å². The fraction of sp³-hybridized carbons (Fsp3) is 0.519. The molecule has 5 rings (SSSR count). The number of aromatic nitrogens is 1.